The summed E-state index contributed by atoms with van der Waals surface area (Å²) in [4.78, 5) is 22.3. The molecule has 2 N–H and O–H groups in total. The molecule has 0 saturated carbocycles. The van der Waals surface area contributed by atoms with Gasteiger partial charge in [0.2, 0.25) is 0 Å². The molecule has 0 radical (unpaired) electrons. The van der Waals surface area contributed by atoms with Crippen LogP contribution in [0.2, 0.25) is 0 Å². The Morgan fingerprint density at radius 3 is 2.53 bits per heavy atom. The van der Waals surface area contributed by atoms with E-state index in [4.69, 9.17) is 0 Å². The lowest BCUT2D eigenvalue weighted by Crippen LogP contribution is -2.64. The van der Waals surface area contributed by atoms with Crippen molar-refractivity contribution in [1.29, 1.82) is 0 Å². The van der Waals surface area contributed by atoms with Gasteiger partial charge in [0.25, 0.3) is 0 Å². The lowest BCUT2D eigenvalue weighted by molar-refractivity contribution is -0.169. The largest absolute Gasteiger partial charge is 0.392 e. The maximum absolute atomic E-state index is 11.6. The third-order valence-corrected chi connectivity index (χ3v) is 2.31. The molecule has 0 aromatic heterocycles. The monoisotopic (exact) mass is 215 g/mol. The Morgan fingerprint density at radius 2 is 2.07 bits per heavy atom. The molecule has 1 heterocycles. The van der Waals surface area contributed by atoms with Gasteiger partial charge in [0.05, 0.1) is 0 Å². The molecule has 6 heteroatoms. The third-order valence-electron chi connectivity index (χ3n) is 2.31. The third kappa shape index (κ3) is 2.98. The maximum Gasteiger partial charge on any atom is 0.335 e. The molecule has 86 valence electrons. The van der Waals surface area contributed by atoms with Gasteiger partial charge in [-0.3, -0.25) is 4.79 Å². The van der Waals surface area contributed by atoms with Gasteiger partial charge in [0.15, 0.2) is 0 Å². The second-order valence-electron chi connectivity index (χ2n) is 3.98. The second-order valence-corrected chi connectivity index (χ2v) is 3.98. The van der Waals surface area contributed by atoms with Gasteiger partial charge >= 0.3 is 11.9 Å². The predicted octanol–water partition coefficient (Wildman–Crippen LogP) is -0.430. The highest BCUT2D eigenvalue weighted by Gasteiger charge is 2.37. The van der Waals surface area contributed by atoms with Crippen LogP contribution >= 0.6 is 0 Å². The van der Waals surface area contributed by atoms with Crippen LogP contribution < -0.4 is 11.0 Å². The van der Waals surface area contributed by atoms with Crippen LogP contribution in [0, 0.1) is 0 Å². The van der Waals surface area contributed by atoms with Gasteiger partial charge in [-0.25, -0.2) is 15.2 Å². The molecule has 1 aliphatic rings. The molecule has 0 bridgehead atoms. The molecule has 6 nitrogen and oxygen atoms in total. The summed E-state index contributed by atoms with van der Waals surface area (Å²) in [7, 11) is 0. The topological polar surface area (TPSA) is 70.7 Å². The SMILES string of the molecule is CC(=O)OC(=O)C(C)(C)N1CCCNN1. The van der Waals surface area contributed by atoms with Crippen molar-refractivity contribution in [2.45, 2.75) is 32.7 Å². The van der Waals surface area contributed by atoms with Crippen LogP contribution in [0.25, 0.3) is 0 Å². The highest BCUT2D eigenvalue weighted by atomic mass is 16.6. The zero-order valence-electron chi connectivity index (χ0n) is 9.29. The van der Waals surface area contributed by atoms with Crippen LogP contribution in [0.3, 0.4) is 0 Å². The summed E-state index contributed by atoms with van der Waals surface area (Å²) in [5.74, 6) is -1.13. The average molecular weight is 215 g/mol. The highest BCUT2D eigenvalue weighted by Crippen LogP contribution is 2.15. The fraction of sp³-hybridized carbons (Fsp3) is 0.778. The maximum atomic E-state index is 11.6. The standard InChI is InChI=1S/C9H17N3O3/c1-7(13)15-8(14)9(2,3)12-6-4-5-10-11-12/h10-11H,4-6H2,1-3H3. The van der Waals surface area contributed by atoms with Crippen molar-refractivity contribution in [2.75, 3.05) is 13.1 Å². The van der Waals surface area contributed by atoms with Crippen LogP contribution in [0.4, 0.5) is 0 Å². The van der Waals surface area contributed by atoms with Crippen LogP contribution in [-0.2, 0) is 14.3 Å². The van der Waals surface area contributed by atoms with Crippen molar-refractivity contribution >= 4 is 11.9 Å². The Kier molecular flexibility index (Phi) is 3.78. The van der Waals surface area contributed by atoms with E-state index in [0.717, 1.165) is 19.5 Å². The number of carbonyl (C=O) groups is 2. The van der Waals surface area contributed by atoms with Gasteiger partial charge in [-0.05, 0) is 20.3 Å². The number of nitrogens with zero attached hydrogens (tertiary/aromatic N) is 1. The Balaban J connectivity index is 2.62. The number of nitrogens with one attached hydrogen (secondary N) is 2. The highest BCUT2D eigenvalue weighted by molar-refractivity contribution is 5.89. The number of esters is 2. The van der Waals surface area contributed by atoms with Gasteiger partial charge in [0.1, 0.15) is 5.54 Å². The van der Waals surface area contributed by atoms with Gasteiger partial charge in [-0.2, -0.15) is 5.53 Å². The summed E-state index contributed by atoms with van der Waals surface area (Å²) in [6.45, 7) is 6.22. The van der Waals surface area contributed by atoms with Gasteiger partial charge < -0.3 is 4.74 Å². The minimum Gasteiger partial charge on any atom is -0.392 e. The van der Waals surface area contributed by atoms with Crippen LogP contribution in [0.5, 0.6) is 0 Å². The molecule has 1 saturated heterocycles. The first kappa shape index (κ1) is 12.1. The number of rotatable bonds is 2. The molecule has 0 aromatic rings. The predicted molar refractivity (Wildman–Crippen MR) is 53.3 cm³/mol. The Hall–Kier alpha value is -0.980. The fourth-order valence-corrected chi connectivity index (χ4v) is 1.32. The summed E-state index contributed by atoms with van der Waals surface area (Å²) in [6, 6.07) is 0. The average Bonchev–Trinajstić information content (AvgIpc) is 2.18. The quantitative estimate of drug-likeness (QED) is 0.481. The molecule has 15 heavy (non-hydrogen) atoms. The molecular weight excluding hydrogens is 198 g/mol. The van der Waals surface area contributed by atoms with Crippen molar-refractivity contribution in [3.05, 3.63) is 0 Å². The Morgan fingerprint density at radius 1 is 1.40 bits per heavy atom. The number of carbonyl (C=O) groups excluding carboxylic acids is 2. The van der Waals surface area contributed by atoms with Crippen molar-refractivity contribution in [3.8, 4) is 0 Å². The lowest BCUT2D eigenvalue weighted by atomic mass is 10.0. The summed E-state index contributed by atoms with van der Waals surface area (Å²) in [6.07, 6.45) is 0.934. The van der Waals surface area contributed by atoms with Crippen LogP contribution in [-0.4, -0.2) is 35.6 Å². The molecule has 1 rings (SSSR count). The van der Waals surface area contributed by atoms with E-state index in [-0.39, 0.29) is 0 Å². The Bertz CT molecular complexity index is 259. The first-order valence-corrected chi connectivity index (χ1v) is 4.93. The van der Waals surface area contributed by atoms with Crippen LogP contribution in [0.15, 0.2) is 0 Å². The van der Waals surface area contributed by atoms with Gasteiger partial charge in [-0.1, -0.05) is 0 Å². The first-order chi connectivity index (χ1) is 6.94. The summed E-state index contributed by atoms with van der Waals surface area (Å²) < 4.78 is 4.58. The zero-order valence-corrected chi connectivity index (χ0v) is 9.29. The fourth-order valence-electron chi connectivity index (χ4n) is 1.32. The van der Waals surface area contributed by atoms with E-state index in [0.29, 0.717) is 0 Å². The smallest absolute Gasteiger partial charge is 0.335 e. The van der Waals surface area contributed by atoms with E-state index in [1.165, 1.54) is 6.92 Å². The number of hydrogen-bond acceptors (Lipinski definition) is 6. The van der Waals surface area contributed by atoms with E-state index in [2.05, 4.69) is 15.7 Å². The molecule has 0 aliphatic carbocycles. The molecule has 0 unspecified atom stereocenters. The minimum atomic E-state index is -0.862. The number of hydrazine groups is 2. The molecule has 0 atom stereocenters. The van der Waals surface area contributed by atoms with Crippen molar-refractivity contribution < 1.29 is 14.3 Å². The number of hydrogen-bond donors (Lipinski definition) is 2. The summed E-state index contributed by atoms with van der Waals surface area (Å²) >= 11 is 0. The van der Waals surface area contributed by atoms with Gasteiger partial charge in [-0.15, -0.1) is 0 Å². The number of ether oxygens (including phenoxy) is 1. The second kappa shape index (κ2) is 4.69. The van der Waals surface area contributed by atoms with E-state index >= 15 is 0 Å². The molecule has 1 fully saturated rings. The zero-order chi connectivity index (χ0) is 11.5. The van der Waals surface area contributed by atoms with Crippen molar-refractivity contribution in [2.24, 2.45) is 0 Å². The van der Waals surface area contributed by atoms with Crippen LogP contribution in [0.1, 0.15) is 27.2 Å². The first-order valence-electron chi connectivity index (χ1n) is 4.93. The normalized spacial score (nSPS) is 18.6. The molecule has 0 amide bonds. The van der Waals surface area contributed by atoms with E-state index < -0.39 is 17.5 Å². The lowest BCUT2D eigenvalue weighted by Gasteiger charge is -2.38. The van der Waals surface area contributed by atoms with E-state index in [1.54, 1.807) is 18.9 Å². The van der Waals surface area contributed by atoms with Crippen molar-refractivity contribution in [1.82, 2.24) is 16.0 Å². The van der Waals surface area contributed by atoms with Crippen molar-refractivity contribution in [3.63, 3.8) is 0 Å². The van der Waals surface area contributed by atoms with Gasteiger partial charge in [0, 0.05) is 20.0 Å². The van der Waals surface area contributed by atoms with E-state index in [9.17, 15) is 9.59 Å². The molecule has 1 aliphatic heterocycles. The van der Waals surface area contributed by atoms with E-state index in [1.807, 2.05) is 0 Å². The summed E-state index contributed by atoms with van der Waals surface area (Å²) in [5.41, 5.74) is 4.96. The molecular formula is C9H17N3O3. The summed E-state index contributed by atoms with van der Waals surface area (Å²) in [5, 5.41) is 1.72. The molecule has 0 aromatic carbocycles. The minimum absolute atomic E-state index is 0.550. The molecule has 0 spiro atoms. The Labute approximate surface area is 88.9 Å².